The van der Waals surface area contributed by atoms with Gasteiger partial charge in [0.15, 0.2) is 17.2 Å². The fourth-order valence-electron chi connectivity index (χ4n) is 10.1. The number of amides is 2. The Morgan fingerprint density at radius 2 is 1.11 bits per heavy atom. The molecule has 2 aromatic heterocycles. The largest absolute Gasteiger partial charge is 0.393 e. The number of nitrogens with zero attached hydrogens (tertiary/aromatic N) is 6. The van der Waals surface area contributed by atoms with Crippen LogP contribution in [0, 0.1) is 46.1 Å². The maximum Gasteiger partial charge on any atom is 0.257 e. The Labute approximate surface area is 441 Å². The highest BCUT2D eigenvalue weighted by molar-refractivity contribution is 6.30. The van der Waals surface area contributed by atoms with Gasteiger partial charge in [0, 0.05) is 39.1 Å². The zero-order valence-electron chi connectivity index (χ0n) is 40.9. The van der Waals surface area contributed by atoms with E-state index in [1.54, 1.807) is 72.8 Å². The predicted molar refractivity (Wildman–Crippen MR) is 270 cm³/mol. The molecule has 2 fully saturated rings. The molecule has 75 heavy (non-hydrogen) atoms. The van der Waals surface area contributed by atoms with E-state index in [1.807, 2.05) is 12.1 Å². The third-order valence-corrected chi connectivity index (χ3v) is 14.7. The van der Waals surface area contributed by atoms with Gasteiger partial charge < -0.3 is 24.8 Å². The first-order valence-electron chi connectivity index (χ1n) is 24.2. The van der Waals surface area contributed by atoms with E-state index in [0.717, 1.165) is 6.07 Å². The minimum absolute atomic E-state index is 0.0124. The zero-order valence-corrected chi connectivity index (χ0v) is 42.4. The number of ether oxygens (including phenoxy) is 2. The number of carbonyl (C=O) groups excluding carboxylic acids is 3. The number of fused-ring (bicyclic) bond motifs is 2. The van der Waals surface area contributed by atoms with Crippen LogP contribution in [0.2, 0.25) is 10.0 Å². The minimum atomic E-state index is -1.67. The van der Waals surface area contributed by atoms with Crippen molar-refractivity contribution in [1.82, 2.24) is 19.8 Å². The van der Waals surface area contributed by atoms with Crippen LogP contribution in [0.25, 0.3) is 0 Å². The topological polar surface area (TPSA) is 210 Å². The molecule has 14 nitrogen and oxygen atoms in total. The van der Waals surface area contributed by atoms with E-state index in [-0.39, 0.29) is 77.3 Å². The molecule has 0 saturated heterocycles. The molecule has 3 N–H and O–H groups in total. The summed E-state index contributed by atoms with van der Waals surface area (Å²) in [4.78, 5) is 51.5. The summed E-state index contributed by atoms with van der Waals surface area (Å²) in [5.74, 6) is -2.73. The number of hydrogen-bond acceptors (Lipinski definition) is 12. The fraction of sp³-hybridized carbons (Fsp3) is 0.316. The molecule has 2 aliphatic carbocycles. The number of hydrogen-bond donors (Lipinski definition) is 3. The lowest BCUT2D eigenvalue weighted by Gasteiger charge is -2.42. The molecule has 10 rings (SSSR count). The van der Waals surface area contributed by atoms with Crippen molar-refractivity contribution < 1.29 is 48.0 Å². The van der Waals surface area contributed by atoms with Gasteiger partial charge in [-0.25, -0.2) is 8.78 Å². The molecule has 4 heterocycles. The van der Waals surface area contributed by atoms with Gasteiger partial charge >= 0.3 is 0 Å². The minimum Gasteiger partial charge on any atom is -0.393 e. The maximum absolute atomic E-state index is 16.1. The first-order chi connectivity index (χ1) is 35.7. The van der Waals surface area contributed by atoms with Crippen LogP contribution in [0.4, 0.5) is 8.78 Å². The average Bonchev–Trinajstić information content (AvgIpc) is 3.77. The Morgan fingerprint density at radius 3 is 1.47 bits per heavy atom. The number of ketones is 1. The first kappa shape index (κ1) is 52.9. The number of aromatic nitrogens is 2. The van der Waals surface area contributed by atoms with Crippen LogP contribution in [0.3, 0.4) is 0 Å². The summed E-state index contributed by atoms with van der Waals surface area (Å²) < 4.78 is 45.1. The van der Waals surface area contributed by atoms with Crippen LogP contribution >= 0.6 is 23.2 Å². The summed E-state index contributed by atoms with van der Waals surface area (Å²) in [5.41, 5.74) is -1.55. The van der Waals surface area contributed by atoms with Crippen molar-refractivity contribution in [2.45, 2.75) is 88.8 Å². The lowest BCUT2D eigenvalue weighted by molar-refractivity contribution is -0.139. The number of pyridine rings is 2. The number of aliphatic hydroxyl groups excluding tert-OH is 2. The number of Topliss-reactive ketones (excluding diaryl/α,β-unsaturated/α-hetero) is 1. The van der Waals surface area contributed by atoms with Gasteiger partial charge in [0.05, 0.1) is 88.9 Å². The summed E-state index contributed by atoms with van der Waals surface area (Å²) in [5, 5.41) is 49.4. The number of rotatable bonds is 14. The summed E-state index contributed by atoms with van der Waals surface area (Å²) in [7, 11) is 0. The van der Waals surface area contributed by atoms with Crippen LogP contribution in [-0.2, 0) is 39.6 Å². The zero-order chi connectivity index (χ0) is 53.6. The number of halogens is 4. The van der Waals surface area contributed by atoms with Crippen LogP contribution < -0.4 is 0 Å². The van der Waals surface area contributed by atoms with E-state index in [2.05, 4.69) is 9.97 Å². The Bertz CT molecular complexity index is 3260. The summed E-state index contributed by atoms with van der Waals surface area (Å²) in [6.07, 6.45) is 4.18. The molecule has 0 radical (unpaired) electrons. The molecule has 4 aromatic carbocycles. The normalized spacial score (nSPS) is 22.5. The third-order valence-electron chi connectivity index (χ3n) is 14.2. The molecule has 6 aromatic rings. The van der Waals surface area contributed by atoms with Gasteiger partial charge in [0.1, 0.15) is 23.8 Å². The Kier molecular flexibility index (Phi) is 14.8. The number of benzene rings is 4. The van der Waals surface area contributed by atoms with Crippen molar-refractivity contribution >= 4 is 40.8 Å². The Balaban J connectivity index is 0.000000184. The van der Waals surface area contributed by atoms with Crippen LogP contribution in [0.15, 0.2) is 109 Å². The number of carbonyl (C=O) groups is 3. The molecule has 2 aliphatic heterocycles. The van der Waals surface area contributed by atoms with Crippen LogP contribution in [0.5, 0.6) is 0 Å². The van der Waals surface area contributed by atoms with E-state index in [0.29, 0.717) is 69.4 Å². The standard InChI is InChI=1S/C29H27ClFN3O4.C28H23ClFN3O4/c1-28(2,37)20-11-24-26(25(31)12-20)29(19-4-6-21(30)7-5-19,38-16-18-9-23(35)10-18)34(27(24)36)15-22-8-3-17(13-32)14-33-22;1-16(34)19-10-24-26(25(30)11-19)28(20-3-5-21(29)6-4-20,37-15-18-8-23(35)9-18)33(27(24)36)14-22-7-2-17(12-31)13-32-22/h3-8,11-12,14,18,23,35,37H,9-10,15-16H2,1-2H3;2-7,10-11,13,18,23,35H,8-9,14-15H2,1H3. The van der Waals surface area contributed by atoms with Crippen molar-refractivity contribution in [3.63, 3.8) is 0 Å². The highest BCUT2D eigenvalue weighted by Crippen LogP contribution is 2.51. The van der Waals surface area contributed by atoms with Crippen molar-refractivity contribution in [1.29, 1.82) is 10.5 Å². The summed E-state index contributed by atoms with van der Waals surface area (Å²) in [6, 6.07) is 29.1. The van der Waals surface area contributed by atoms with Crippen molar-refractivity contribution in [2.24, 2.45) is 11.8 Å². The predicted octanol–water partition coefficient (Wildman–Crippen LogP) is 9.21. The monoisotopic (exact) mass is 1050 g/mol. The second kappa shape index (κ2) is 21.0. The molecule has 2 amide bonds. The number of nitriles is 2. The van der Waals surface area contributed by atoms with Gasteiger partial charge in [-0.05, 0) is 137 Å². The van der Waals surface area contributed by atoms with Crippen molar-refractivity contribution in [2.75, 3.05) is 13.2 Å². The maximum atomic E-state index is 16.1. The van der Waals surface area contributed by atoms with E-state index >= 15 is 8.78 Å². The van der Waals surface area contributed by atoms with Crippen molar-refractivity contribution in [3.8, 4) is 12.1 Å². The molecule has 2 saturated carbocycles. The third kappa shape index (κ3) is 10.2. The lowest BCUT2D eigenvalue weighted by Crippen LogP contribution is -2.48. The Morgan fingerprint density at radius 1 is 0.693 bits per heavy atom. The van der Waals surface area contributed by atoms with Gasteiger partial charge in [0.2, 0.25) is 0 Å². The second-order valence-corrected chi connectivity index (χ2v) is 20.7. The average molecular weight is 1060 g/mol. The van der Waals surface area contributed by atoms with E-state index in [9.17, 15) is 29.7 Å². The smallest absolute Gasteiger partial charge is 0.257 e. The molecule has 384 valence electrons. The van der Waals surface area contributed by atoms with E-state index in [1.165, 1.54) is 61.2 Å². The van der Waals surface area contributed by atoms with Crippen LogP contribution in [0.1, 0.15) is 128 Å². The summed E-state index contributed by atoms with van der Waals surface area (Å²) >= 11 is 12.3. The second-order valence-electron chi connectivity index (χ2n) is 19.9. The lowest BCUT2D eigenvalue weighted by atomic mass is 9.83. The Hall–Kier alpha value is -6.99. The van der Waals surface area contributed by atoms with Gasteiger partial charge in [-0.2, -0.15) is 10.5 Å². The van der Waals surface area contributed by atoms with Crippen molar-refractivity contribution in [3.05, 3.63) is 198 Å². The molecular formula is C57H50Cl2F2N6O8. The molecule has 18 heteroatoms. The van der Waals surface area contributed by atoms with E-state index in [4.69, 9.17) is 43.2 Å². The van der Waals surface area contributed by atoms with Crippen LogP contribution in [-0.4, -0.2) is 78.1 Å². The quantitative estimate of drug-likeness (QED) is 0.0872. The highest BCUT2D eigenvalue weighted by Gasteiger charge is 2.57. The van der Waals surface area contributed by atoms with E-state index < -0.39 is 52.7 Å². The number of aliphatic hydroxyl groups is 3. The van der Waals surface area contributed by atoms with Gasteiger partial charge in [-0.3, -0.25) is 34.2 Å². The molecular weight excluding hydrogens is 1010 g/mol. The van der Waals surface area contributed by atoms with Gasteiger partial charge in [-0.1, -0.05) is 47.5 Å². The molecule has 4 aliphatic rings. The molecule has 0 spiro atoms. The molecule has 2 atom stereocenters. The SMILES string of the molecule is CC(=O)c1cc(F)c2c(c1)C(=O)N(Cc1ccc(C#N)cn1)C2(OCC1CC(O)C1)c1ccc(Cl)cc1.CC(C)(O)c1cc(F)c2c(c1)C(=O)N(Cc1ccc(C#N)cn1)C2(OCC1CC(O)C1)c1ccc(Cl)cc1. The molecule has 0 bridgehead atoms. The molecule has 2 unspecified atom stereocenters. The van der Waals surface area contributed by atoms with Gasteiger partial charge in [0.25, 0.3) is 11.8 Å². The summed E-state index contributed by atoms with van der Waals surface area (Å²) in [6.45, 7) is 4.61. The first-order valence-corrected chi connectivity index (χ1v) is 24.9. The fourth-order valence-corrected chi connectivity index (χ4v) is 10.3. The highest BCUT2D eigenvalue weighted by atomic mass is 35.5. The van der Waals surface area contributed by atoms with Gasteiger partial charge in [-0.15, -0.1) is 0 Å².